The van der Waals surface area contributed by atoms with Gasteiger partial charge in [-0.2, -0.15) is 0 Å². The van der Waals surface area contributed by atoms with E-state index < -0.39 is 0 Å². The number of likely N-dealkylation sites (N-methyl/N-ethyl adjacent to an activating group) is 1. The van der Waals surface area contributed by atoms with E-state index in [0.717, 1.165) is 33.4 Å². The summed E-state index contributed by atoms with van der Waals surface area (Å²) in [5, 5.41) is 4.58. The van der Waals surface area contributed by atoms with Crippen LogP contribution in [0.25, 0.3) is 16.2 Å². The average molecular weight is 331 g/mol. The second-order valence-electron chi connectivity index (χ2n) is 4.92. The minimum absolute atomic E-state index is 0.0288. The molecule has 6 nitrogen and oxygen atoms in total. The molecule has 0 saturated carbocycles. The molecule has 3 aromatic rings. The van der Waals surface area contributed by atoms with Crippen LogP contribution in [0, 0.1) is 0 Å². The summed E-state index contributed by atoms with van der Waals surface area (Å²) in [4.78, 5) is 17.1. The average Bonchev–Trinajstić information content (AvgIpc) is 3.16. The molecule has 1 N–H and O–H groups in total. The van der Waals surface area contributed by atoms with E-state index in [4.69, 9.17) is 9.47 Å². The highest BCUT2D eigenvalue weighted by molar-refractivity contribution is 7.15. The molecule has 0 spiro atoms. The van der Waals surface area contributed by atoms with Crippen LogP contribution in [0.15, 0.2) is 29.8 Å². The van der Waals surface area contributed by atoms with Crippen molar-refractivity contribution in [2.75, 3.05) is 21.3 Å². The summed E-state index contributed by atoms with van der Waals surface area (Å²) in [6.45, 7) is 0. The fourth-order valence-electron chi connectivity index (χ4n) is 2.35. The van der Waals surface area contributed by atoms with Crippen LogP contribution in [0.3, 0.4) is 0 Å². The number of benzene rings is 1. The summed E-state index contributed by atoms with van der Waals surface area (Å²) < 4.78 is 12.6. The number of nitrogens with one attached hydrogen (secondary N) is 1. The van der Waals surface area contributed by atoms with Crippen molar-refractivity contribution in [1.29, 1.82) is 0 Å². The Kier molecular flexibility index (Phi) is 4.20. The second kappa shape index (κ2) is 6.29. The lowest BCUT2D eigenvalue weighted by molar-refractivity contribution is -0.120. The first-order chi connectivity index (χ1) is 11.2. The number of carbonyl (C=O) groups is 1. The second-order valence-corrected chi connectivity index (χ2v) is 5.76. The van der Waals surface area contributed by atoms with Gasteiger partial charge < -0.3 is 14.8 Å². The standard InChI is InChI=1S/C16H17N3O3S/c1-17-15(20)6-10-9-23-16-18-13(8-19(10)16)12-7-11(21-2)4-5-14(12)22-3/h4-5,7-9H,6H2,1-3H3,(H,17,20). The van der Waals surface area contributed by atoms with Gasteiger partial charge in [0.2, 0.25) is 5.91 Å². The lowest BCUT2D eigenvalue weighted by atomic mass is 10.1. The van der Waals surface area contributed by atoms with Gasteiger partial charge in [-0.15, -0.1) is 11.3 Å². The Morgan fingerprint density at radius 3 is 2.87 bits per heavy atom. The minimum Gasteiger partial charge on any atom is -0.497 e. The molecule has 0 atom stereocenters. The maximum atomic E-state index is 11.6. The molecule has 0 fully saturated rings. The molecule has 0 aliphatic heterocycles. The van der Waals surface area contributed by atoms with E-state index in [2.05, 4.69) is 10.3 Å². The predicted octanol–water partition coefficient (Wildman–Crippen LogP) is 2.37. The van der Waals surface area contributed by atoms with Gasteiger partial charge in [0.15, 0.2) is 4.96 Å². The van der Waals surface area contributed by atoms with E-state index >= 15 is 0 Å². The highest BCUT2D eigenvalue weighted by Crippen LogP contribution is 2.34. The molecule has 2 aromatic heterocycles. The van der Waals surface area contributed by atoms with Crippen molar-refractivity contribution in [3.05, 3.63) is 35.5 Å². The highest BCUT2D eigenvalue weighted by Gasteiger charge is 2.15. The Morgan fingerprint density at radius 1 is 1.35 bits per heavy atom. The zero-order chi connectivity index (χ0) is 16.4. The van der Waals surface area contributed by atoms with E-state index in [1.165, 1.54) is 11.3 Å². The summed E-state index contributed by atoms with van der Waals surface area (Å²) >= 11 is 1.51. The lowest BCUT2D eigenvalue weighted by Gasteiger charge is -2.08. The van der Waals surface area contributed by atoms with Crippen LogP contribution in [0.4, 0.5) is 0 Å². The molecule has 0 aliphatic carbocycles. The number of aromatic nitrogens is 2. The normalized spacial score (nSPS) is 10.7. The van der Waals surface area contributed by atoms with E-state index in [1.54, 1.807) is 21.3 Å². The third kappa shape index (κ3) is 2.87. The Bertz CT molecular complexity index is 853. The molecule has 7 heteroatoms. The molecular formula is C16H17N3O3S. The monoisotopic (exact) mass is 331 g/mol. The van der Waals surface area contributed by atoms with Crippen molar-refractivity contribution >= 4 is 22.2 Å². The molecule has 0 aliphatic rings. The van der Waals surface area contributed by atoms with Gasteiger partial charge >= 0.3 is 0 Å². The number of hydrogen-bond donors (Lipinski definition) is 1. The zero-order valence-corrected chi connectivity index (χ0v) is 13.9. The molecule has 120 valence electrons. The molecule has 0 radical (unpaired) electrons. The number of nitrogens with zero attached hydrogens (tertiary/aromatic N) is 2. The van der Waals surface area contributed by atoms with Crippen molar-refractivity contribution in [2.24, 2.45) is 0 Å². The van der Waals surface area contributed by atoms with Gasteiger partial charge in [0.25, 0.3) is 0 Å². The number of fused-ring (bicyclic) bond motifs is 1. The number of methoxy groups -OCH3 is 2. The SMILES string of the molecule is CNC(=O)Cc1csc2nc(-c3cc(OC)ccc3OC)cn12. The molecule has 2 heterocycles. The van der Waals surface area contributed by atoms with Gasteiger partial charge in [-0.05, 0) is 18.2 Å². The Hall–Kier alpha value is -2.54. The molecule has 1 amide bonds. The largest absolute Gasteiger partial charge is 0.497 e. The lowest BCUT2D eigenvalue weighted by Crippen LogP contribution is -2.20. The van der Waals surface area contributed by atoms with E-state index in [0.29, 0.717) is 6.42 Å². The van der Waals surface area contributed by atoms with Crippen molar-refractivity contribution in [1.82, 2.24) is 14.7 Å². The molecule has 0 saturated heterocycles. The van der Waals surface area contributed by atoms with E-state index in [1.807, 2.05) is 34.2 Å². The van der Waals surface area contributed by atoms with Crippen molar-refractivity contribution in [2.45, 2.75) is 6.42 Å². The number of imidazole rings is 1. The van der Waals surface area contributed by atoms with E-state index in [9.17, 15) is 4.79 Å². The number of amides is 1. The number of carbonyl (C=O) groups excluding carboxylic acids is 1. The summed E-state index contributed by atoms with van der Waals surface area (Å²) in [5.41, 5.74) is 2.55. The Labute approximate surface area is 137 Å². The van der Waals surface area contributed by atoms with Crippen LogP contribution < -0.4 is 14.8 Å². The Morgan fingerprint density at radius 2 is 2.17 bits per heavy atom. The van der Waals surface area contributed by atoms with Crippen LogP contribution in [0.5, 0.6) is 11.5 Å². The quantitative estimate of drug-likeness (QED) is 0.779. The molecule has 0 unspecified atom stereocenters. The van der Waals surface area contributed by atoms with Crippen LogP contribution >= 0.6 is 11.3 Å². The smallest absolute Gasteiger partial charge is 0.225 e. The van der Waals surface area contributed by atoms with Gasteiger partial charge in [0, 0.05) is 29.9 Å². The van der Waals surface area contributed by atoms with Gasteiger partial charge in [-0.1, -0.05) is 0 Å². The van der Waals surface area contributed by atoms with Crippen LogP contribution in [0.1, 0.15) is 5.69 Å². The summed E-state index contributed by atoms with van der Waals surface area (Å²) in [6, 6.07) is 5.59. The van der Waals surface area contributed by atoms with Crippen LogP contribution in [0.2, 0.25) is 0 Å². The predicted molar refractivity (Wildman–Crippen MR) is 89.4 cm³/mol. The highest BCUT2D eigenvalue weighted by atomic mass is 32.1. The molecule has 23 heavy (non-hydrogen) atoms. The number of hydrogen-bond acceptors (Lipinski definition) is 5. The fraction of sp³-hybridized carbons (Fsp3) is 0.250. The number of ether oxygens (including phenoxy) is 2. The first-order valence-electron chi connectivity index (χ1n) is 7.04. The van der Waals surface area contributed by atoms with Crippen molar-refractivity contribution in [3.8, 4) is 22.8 Å². The topological polar surface area (TPSA) is 64.9 Å². The van der Waals surface area contributed by atoms with Gasteiger partial charge in [-0.25, -0.2) is 4.98 Å². The summed E-state index contributed by atoms with van der Waals surface area (Å²) in [6.07, 6.45) is 2.24. The van der Waals surface area contributed by atoms with Crippen molar-refractivity contribution in [3.63, 3.8) is 0 Å². The third-order valence-electron chi connectivity index (χ3n) is 3.59. The van der Waals surface area contributed by atoms with Crippen LogP contribution in [-0.2, 0) is 11.2 Å². The third-order valence-corrected chi connectivity index (χ3v) is 4.48. The zero-order valence-electron chi connectivity index (χ0n) is 13.1. The summed E-state index contributed by atoms with van der Waals surface area (Å²) in [5.74, 6) is 1.44. The molecule has 0 bridgehead atoms. The van der Waals surface area contributed by atoms with E-state index in [-0.39, 0.29) is 5.91 Å². The molecular weight excluding hydrogens is 314 g/mol. The number of thiazole rings is 1. The Balaban J connectivity index is 2.05. The molecule has 3 rings (SSSR count). The minimum atomic E-state index is -0.0288. The van der Waals surface area contributed by atoms with Gasteiger partial charge in [0.05, 0.1) is 26.3 Å². The molecule has 1 aromatic carbocycles. The van der Waals surface area contributed by atoms with Gasteiger partial charge in [-0.3, -0.25) is 9.20 Å². The maximum Gasteiger partial charge on any atom is 0.225 e. The maximum absolute atomic E-state index is 11.6. The van der Waals surface area contributed by atoms with Gasteiger partial charge in [0.1, 0.15) is 11.5 Å². The summed E-state index contributed by atoms with van der Waals surface area (Å²) in [7, 11) is 4.88. The first-order valence-corrected chi connectivity index (χ1v) is 7.92. The van der Waals surface area contributed by atoms with Crippen molar-refractivity contribution < 1.29 is 14.3 Å². The fourth-order valence-corrected chi connectivity index (χ4v) is 3.23. The number of rotatable bonds is 5. The van der Waals surface area contributed by atoms with Crippen LogP contribution in [-0.4, -0.2) is 36.6 Å². The first kappa shape index (κ1) is 15.4.